The lowest BCUT2D eigenvalue weighted by Crippen LogP contribution is -2.26. The summed E-state index contributed by atoms with van der Waals surface area (Å²) in [7, 11) is -3.72. The second kappa shape index (κ2) is 7.32. The van der Waals surface area contributed by atoms with Gasteiger partial charge in [-0.15, -0.1) is 0 Å². The zero-order chi connectivity index (χ0) is 18.9. The van der Waals surface area contributed by atoms with Crippen LogP contribution in [-0.4, -0.2) is 44.7 Å². The predicted molar refractivity (Wildman–Crippen MR) is 99.7 cm³/mol. The maximum Gasteiger partial charge on any atom is 0.241 e. The molecule has 1 N–H and O–H groups in total. The van der Waals surface area contributed by atoms with Crippen molar-refractivity contribution in [2.75, 3.05) is 31.2 Å². The van der Waals surface area contributed by atoms with Crippen molar-refractivity contribution < 1.29 is 17.9 Å². The topological polar surface area (TPSA) is 93.7 Å². The molecule has 144 valence electrons. The van der Waals surface area contributed by atoms with E-state index >= 15 is 0 Å². The normalized spacial score (nSPS) is 16.6. The number of aromatic nitrogens is 2. The Balaban J connectivity index is 1.50. The van der Waals surface area contributed by atoms with E-state index < -0.39 is 10.0 Å². The van der Waals surface area contributed by atoms with Gasteiger partial charge in [-0.1, -0.05) is 0 Å². The number of nitrogens with one attached hydrogen (secondary N) is 1. The summed E-state index contributed by atoms with van der Waals surface area (Å²) in [5, 5.41) is 0. The minimum absolute atomic E-state index is 0.0271. The highest BCUT2D eigenvalue weighted by Crippen LogP contribution is 2.32. The van der Waals surface area contributed by atoms with E-state index in [0.717, 1.165) is 37.4 Å². The van der Waals surface area contributed by atoms with Crippen LogP contribution in [0.25, 0.3) is 0 Å². The van der Waals surface area contributed by atoms with E-state index in [1.807, 2.05) is 13.0 Å². The quantitative estimate of drug-likeness (QED) is 0.829. The molecular weight excluding hydrogens is 368 g/mol. The second-order valence-electron chi connectivity index (χ2n) is 6.61. The maximum absolute atomic E-state index is 12.6. The number of rotatable bonds is 5. The summed E-state index contributed by atoms with van der Waals surface area (Å²) in [5.74, 6) is 2.30. The molecular formula is C18H22N4O4S. The lowest BCUT2D eigenvalue weighted by Gasteiger charge is -2.19. The van der Waals surface area contributed by atoms with Gasteiger partial charge in [-0.2, -0.15) is 0 Å². The fourth-order valence-electron chi connectivity index (χ4n) is 3.23. The SMILES string of the molecule is Cc1cc(N2CCCC2)nc(CNS(=O)(=O)c2ccc3c(c2)OCCO3)n1. The van der Waals surface area contributed by atoms with Crippen LogP contribution in [0.3, 0.4) is 0 Å². The van der Waals surface area contributed by atoms with Crippen molar-refractivity contribution in [2.45, 2.75) is 31.2 Å². The molecule has 8 nitrogen and oxygen atoms in total. The van der Waals surface area contributed by atoms with Gasteiger partial charge in [0.2, 0.25) is 10.0 Å². The molecule has 2 aromatic rings. The Morgan fingerprint density at radius 2 is 1.81 bits per heavy atom. The van der Waals surface area contributed by atoms with Gasteiger partial charge in [0.25, 0.3) is 0 Å². The molecule has 2 aliphatic rings. The zero-order valence-corrected chi connectivity index (χ0v) is 16.0. The van der Waals surface area contributed by atoms with Gasteiger partial charge in [-0.25, -0.2) is 23.1 Å². The molecule has 0 atom stereocenters. The molecule has 0 saturated carbocycles. The number of sulfonamides is 1. The van der Waals surface area contributed by atoms with Gasteiger partial charge in [-0.3, -0.25) is 0 Å². The first kappa shape index (κ1) is 18.0. The van der Waals surface area contributed by atoms with Crippen molar-refractivity contribution in [1.82, 2.24) is 14.7 Å². The maximum atomic E-state index is 12.6. The van der Waals surface area contributed by atoms with Crippen LogP contribution in [0.4, 0.5) is 5.82 Å². The predicted octanol–water partition coefficient (Wildman–Crippen LogP) is 1.63. The third-order valence-electron chi connectivity index (χ3n) is 4.56. The third-order valence-corrected chi connectivity index (χ3v) is 5.96. The Morgan fingerprint density at radius 3 is 2.59 bits per heavy atom. The van der Waals surface area contributed by atoms with Gasteiger partial charge in [-0.05, 0) is 31.9 Å². The number of aryl methyl sites for hydroxylation is 1. The highest BCUT2D eigenvalue weighted by atomic mass is 32.2. The molecule has 1 aromatic heterocycles. The minimum Gasteiger partial charge on any atom is -0.486 e. The molecule has 1 aromatic carbocycles. The summed E-state index contributed by atoms with van der Waals surface area (Å²) in [4.78, 5) is 11.2. The molecule has 3 heterocycles. The van der Waals surface area contributed by atoms with Crippen molar-refractivity contribution in [3.05, 3.63) is 35.8 Å². The Labute approximate surface area is 158 Å². The lowest BCUT2D eigenvalue weighted by atomic mass is 10.3. The molecule has 4 rings (SSSR count). The Morgan fingerprint density at radius 1 is 1.07 bits per heavy atom. The van der Waals surface area contributed by atoms with Gasteiger partial charge in [0.15, 0.2) is 11.5 Å². The van der Waals surface area contributed by atoms with Crippen LogP contribution in [0, 0.1) is 6.92 Å². The molecule has 0 bridgehead atoms. The summed E-state index contributed by atoms with van der Waals surface area (Å²) in [6.45, 7) is 4.72. The number of hydrogen-bond acceptors (Lipinski definition) is 7. The average molecular weight is 390 g/mol. The van der Waals surface area contributed by atoms with Crippen LogP contribution in [-0.2, 0) is 16.6 Å². The van der Waals surface area contributed by atoms with Crippen molar-refractivity contribution in [1.29, 1.82) is 0 Å². The second-order valence-corrected chi connectivity index (χ2v) is 8.37. The Kier molecular flexibility index (Phi) is 4.88. The van der Waals surface area contributed by atoms with Crippen LogP contribution in [0.5, 0.6) is 11.5 Å². The fraction of sp³-hybridized carbons (Fsp3) is 0.444. The number of ether oxygens (including phenoxy) is 2. The third kappa shape index (κ3) is 3.98. The van der Waals surface area contributed by atoms with Crippen molar-refractivity contribution >= 4 is 15.8 Å². The van der Waals surface area contributed by atoms with Gasteiger partial charge in [0.1, 0.15) is 24.9 Å². The van der Waals surface area contributed by atoms with Gasteiger partial charge in [0, 0.05) is 30.9 Å². The lowest BCUT2D eigenvalue weighted by molar-refractivity contribution is 0.171. The van der Waals surface area contributed by atoms with Crippen LogP contribution in [0.15, 0.2) is 29.2 Å². The standard InChI is InChI=1S/C18H22N4O4S/c1-13-10-18(22-6-2-3-7-22)21-17(20-13)12-19-27(23,24)14-4-5-15-16(11-14)26-9-8-25-15/h4-5,10-11,19H,2-3,6-9,12H2,1H3. The van der Waals surface area contributed by atoms with E-state index in [1.54, 1.807) is 6.07 Å². The van der Waals surface area contributed by atoms with Gasteiger partial charge < -0.3 is 14.4 Å². The molecule has 1 saturated heterocycles. The summed E-state index contributed by atoms with van der Waals surface area (Å²) >= 11 is 0. The summed E-state index contributed by atoms with van der Waals surface area (Å²) in [6, 6.07) is 6.52. The summed E-state index contributed by atoms with van der Waals surface area (Å²) in [6.07, 6.45) is 2.30. The van der Waals surface area contributed by atoms with Crippen LogP contribution in [0.1, 0.15) is 24.4 Å². The smallest absolute Gasteiger partial charge is 0.241 e. The first-order chi connectivity index (χ1) is 13.0. The molecule has 0 spiro atoms. The summed E-state index contributed by atoms with van der Waals surface area (Å²) in [5.41, 5.74) is 0.820. The minimum atomic E-state index is -3.72. The van der Waals surface area contributed by atoms with Gasteiger partial charge in [0.05, 0.1) is 11.4 Å². The van der Waals surface area contributed by atoms with Crippen LogP contribution in [0.2, 0.25) is 0 Å². The number of anilines is 1. The van der Waals surface area contributed by atoms with Crippen molar-refractivity contribution in [2.24, 2.45) is 0 Å². The van der Waals surface area contributed by atoms with Crippen LogP contribution >= 0.6 is 0 Å². The fourth-order valence-corrected chi connectivity index (χ4v) is 4.23. The van der Waals surface area contributed by atoms with Crippen molar-refractivity contribution in [3.63, 3.8) is 0 Å². The molecule has 0 radical (unpaired) electrons. The van der Waals surface area contributed by atoms with Crippen LogP contribution < -0.4 is 19.1 Å². The van der Waals surface area contributed by atoms with E-state index in [4.69, 9.17) is 9.47 Å². The summed E-state index contributed by atoms with van der Waals surface area (Å²) < 4.78 is 38.8. The molecule has 1 fully saturated rings. The van der Waals surface area contributed by atoms with E-state index in [-0.39, 0.29) is 11.4 Å². The Hall–Kier alpha value is -2.39. The molecule has 0 amide bonds. The monoisotopic (exact) mass is 390 g/mol. The van der Waals surface area contributed by atoms with Gasteiger partial charge >= 0.3 is 0 Å². The highest BCUT2D eigenvalue weighted by Gasteiger charge is 2.20. The molecule has 9 heteroatoms. The first-order valence-electron chi connectivity index (χ1n) is 9.00. The Bertz CT molecular complexity index is 942. The van der Waals surface area contributed by atoms with E-state index in [9.17, 15) is 8.42 Å². The van der Waals surface area contributed by atoms with E-state index in [2.05, 4.69) is 19.6 Å². The number of fused-ring (bicyclic) bond motifs is 1. The molecule has 27 heavy (non-hydrogen) atoms. The van der Waals surface area contributed by atoms with E-state index in [0.29, 0.717) is 30.5 Å². The number of benzene rings is 1. The number of hydrogen-bond donors (Lipinski definition) is 1. The first-order valence-corrected chi connectivity index (χ1v) is 10.5. The molecule has 0 aliphatic carbocycles. The van der Waals surface area contributed by atoms with E-state index in [1.165, 1.54) is 12.1 Å². The zero-order valence-electron chi connectivity index (χ0n) is 15.1. The largest absolute Gasteiger partial charge is 0.486 e. The molecule has 0 unspecified atom stereocenters. The highest BCUT2D eigenvalue weighted by molar-refractivity contribution is 7.89. The molecule has 2 aliphatic heterocycles. The number of nitrogens with zero attached hydrogens (tertiary/aromatic N) is 3. The average Bonchev–Trinajstić information content (AvgIpc) is 3.20. The van der Waals surface area contributed by atoms with Crippen molar-refractivity contribution in [3.8, 4) is 11.5 Å².